The molecule has 1 heterocycles. The Balaban J connectivity index is 2.31. The third kappa shape index (κ3) is 3.77. The Morgan fingerprint density at radius 1 is 0.778 bits per heavy atom. The number of benzene rings is 2. The number of esters is 2. The maximum Gasteiger partial charge on any atom is 0.355 e. The minimum atomic E-state index is -0.583. The molecule has 0 radical (unpaired) electrons. The van der Waals surface area contributed by atoms with E-state index in [4.69, 9.17) is 9.47 Å². The number of hydrogen-bond donors (Lipinski definition) is 1. The van der Waals surface area contributed by atoms with E-state index < -0.39 is 11.9 Å². The Morgan fingerprint density at radius 3 is 1.85 bits per heavy atom. The zero-order valence-corrected chi connectivity index (χ0v) is 15.3. The number of hydrogen-bond acceptors (Lipinski definition) is 4. The van der Waals surface area contributed by atoms with E-state index in [0.29, 0.717) is 11.3 Å². The second-order valence-electron chi connectivity index (χ2n) is 5.80. The first-order chi connectivity index (χ1) is 13.2. The fourth-order valence-electron chi connectivity index (χ4n) is 2.98. The first kappa shape index (κ1) is 18.5. The van der Waals surface area contributed by atoms with Crippen LogP contribution < -0.4 is 0 Å². The van der Waals surface area contributed by atoms with E-state index in [9.17, 15) is 9.59 Å². The van der Waals surface area contributed by atoms with E-state index >= 15 is 0 Å². The van der Waals surface area contributed by atoms with Crippen molar-refractivity contribution < 1.29 is 19.1 Å². The highest BCUT2D eigenvalue weighted by Crippen LogP contribution is 2.37. The van der Waals surface area contributed by atoms with Crippen molar-refractivity contribution in [2.45, 2.75) is 13.8 Å². The lowest BCUT2D eigenvalue weighted by Crippen LogP contribution is -2.13. The third-order valence-electron chi connectivity index (χ3n) is 4.08. The summed E-state index contributed by atoms with van der Waals surface area (Å²) in [6.45, 7) is 3.87. The van der Waals surface area contributed by atoms with E-state index in [-0.39, 0.29) is 24.5 Å². The molecule has 138 valence electrons. The van der Waals surface area contributed by atoms with Gasteiger partial charge in [0.1, 0.15) is 11.3 Å². The van der Waals surface area contributed by atoms with Crippen molar-refractivity contribution in [2.75, 3.05) is 13.2 Å². The number of rotatable bonds is 6. The Hall–Kier alpha value is -3.34. The Morgan fingerprint density at radius 2 is 1.30 bits per heavy atom. The van der Waals surface area contributed by atoms with Crippen LogP contribution in [0.3, 0.4) is 0 Å². The van der Waals surface area contributed by atoms with E-state index in [1.807, 2.05) is 60.7 Å². The summed E-state index contributed by atoms with van der Waals surface area (Å²) in [7, 11) is 0. The monoisotopic (exact) mass is 363 g/mol. The number of H-pyrrole nitrogens is 1. The molecule has 0 saturated heterocycles. The average Bonchev–Trinajstić information content (AvgIpc) is 3.10. The summed E-state index contributed by atoms with van der Waals surface area (Å²) in [5.41, 5.74) is 3.27. The van der Waals surface area contributed by atoms with Gasteiger partial charge in [0.15, 0.2) is 0 Å². The zero-order valence-electron chi connectivity index (χ0n) is 15.3. The van der Waals surface area contributed by atoms with Gasteiger partial charge in [0.05, 0.1) is 18.9 Å². The van der Waals surface area contributed by atoms with E-state index in [1.54, 1.807) is 13.8 Å². The molecule has 0 aliphatic heterocycles. The summed E-state index contributed by atoms with van der Waals surface area (Å²) in [6, 6.07) is 19.0. The van der Waals surface area contributed by atoms with Gasteiger partial charge in [-0.2, -0.15) is 0 Å². The molecule has 3 rings (SSSR count). The van der Waals surface area contributed by atoms with Crippen molar-refractivity contribution in [3.05, 3.63) is 71.9 Å². The number of carbonyl (C=O) groups excluding carboxylic acids is 2. The van der Waals surface area contributed by atoms with Crippen molar-refractivity contribution in [3.8, 4) is 22.4 Å². The molecule has 0 atom stereocenters. The number of nitrogens with one attached hydrogen (secondary N) is 1. The quantitative estimate of drug-likeness (QED) is 0.645. The molecule has 5 nitrogen and oxygen atoms in total. The fraction of sp³-hybridized carbons (Fsp3) is 0.182. The SMILES string of the molecule is CCOC(=O)c1[nH]c(-c2ccccc2)c(-c2ccccc2)c1C(=O)OCC. The highest BCUT2D eigenvalue weighted by molar-refractivity contribution is 6.10. The van der Waals surface area contributed by atoms with Crippen molar-refractivity contribution in [2.24, 2.45) is 0 Å². The lowest BCUT2D eigenvalue weighted by Gasteiger charge is -2.08. The predicted molar refractivity (Wildman–Crippen MR) is 104 cm³/mol. The molecule has 0 aliphatic carbocycles. The lowest BCUT2D eigenvalue weighted by molar-refractivity contribution is 0.0476. The highest BCUT2D eigenvalue weighted by atomic mass is 16.5. The summed E-state index contributed by atoms with van der Waals surface area (Å²) in [6.07, 6.45) is 0. The van der Waals surface area contributed by atoms with Crippen LogP contribution in [0.15, 0.2) is 60.7 Å². The van der Waals surface area contributed by atoms with Crippen LogP contribution in [0.5, 0.6) is 0 Å². The number of aromatic amines is 1. The van der Waals surface area contributed by atoms with Crippen molar-refractivity contribution in [3.63, 3.8) is 0 Å². The second kappa shape index (κ2) is 8.36. The normalized spacial score (nSPS) is 10.4. The van der Waals surface area contributed by atoms with Crippen LogP contribution in [0.25, 0.3) is 22.4 Å². The Kier molecular flexibility index (Phi) is 5.71. The molecule has 0 bridgehead atoms. The molecule has 0 fully saturated rings. The summed E-state index contributed by atoms with van der Waals surface area (Å²) in [5, 5.41) is 0. The smallest absolute Gasteiger partial charge is 0.355 e. The minimum absolute atomic E-state index is 0.105. The third-order valence-corrected chi connectivity index (χ3v) is 4.08. The van der Waals surface area contributed by atoms with E-state index in [1.165, 1.54) is 0 Å². The van der Waals surface area contributed by atoms with Crippen LogP contribution in [0.4, 0.5) is 0 Å². The maximum absolute atomic E-state index is 12.8. The van der Waals surface area contributed by atoms with Gasteiger partial charge in [-0.15, -0.1) is 0 Å². The topological polar surface area (TPSA) is 68.4 Å². The summed E-state index contributed by atoms with van der Waals surface area (Å²) >= 11 is 0. The molecule has 5 heteroatoms. The van der Waals surface area contributed by atoms with E-state index in [0.717, 1.165) is 11.1 Å². The lowest BCUT2D eigenvalue weighted by atomic mass is 9.97. The second-order valence-corrected chi connectivity index (χ2v) is 5.80. The predicted octanol–water partition coefficient (Wildman–Crippen LogP) is 4.70. The van der Waals surface area contributed by atoms with Crippen LogP contribution in [0.2, 0.25) is 0 Å². The van der Waals surface area contributed by atoms with Crippen LogP contribution in [0, 0.1) is 0 Å². The van der Waals surface area contributed by atoms with Gasteiger partial charge < -0.3 is 14.5 Å². The first-order valence-electron chi connectivity index (χ1n) is 8.88. The van der Waals surface area contributed by atoms with Gasteiger partial charge in [-0.25, -0.2) is 9.59 Å². The van der Waals surface area contributed by atoms with Crippen LogP contribution in [-0.4, -0.2) is 30.1 Å². The molecule has 27 heavy (non-hydrogen) atoms. The van der Waals surface area contributed by atoms with Gasteiger partial charge in [0.25, 0.3) is 0 Å². The molecule has 3 aromatic rings. The molecule has 0 unspecified atom stereocenters. The van der Waals surface area contributed by atoms with Gasteiger partial charge >= 0.3 is 11.9 Å². The highest BCUT2D eigenvalue weighted by Gasteiger charge is 2.30. The summed E-state index contributed by atoms with van der Waals surface area (Å²) < 4.78 is 10.4. The van der Waals surface area contributed by atoms with Gasteiger partial charge in [0.2, 0.25) is 0 Å². The number of carbonyl (C=O) groups is 2. The molecule has 1 aromatic heterocycles. The van der Waals surface area contributed by atoms with Gasteiger partial charge in [-0.1, -0.05) is 60.7 Å². The van der Waals surface area contributed by atoms with E-state index in [2.05, 4.69) is 4.98 Å². The van der Waals surface area contributed by atoms with Crippen LogP contribution >= 0.6 is 0 Å². The van der Waals surface area contributed by atoms with Crippen LogP contribution in [0.1, 0.15) is 34.7 Å². The van der Waals surface area contributed by atoms with Gasteiger partial charge in [-0.05, 0) is 25.0 Å². The molecule has 0 spiro atoms. The van der Waals surface area contributed by atoms with Crippen molar-refractivity contribution in [1.29, 1.82) is 0 Å². The molecular formula is C22H21NO4. The van der Waals surface area contributed by atoms with Crippen molar-refractivity contribution >= 4 is 11.9 Å². The van der Waals surface area contributed by atoms with Crippen molar-refractivity contribution in [1.82, 2.24) is 4.98 Å². The molecular weight excluding hydrogens is 342 g/mol. The summed E-state index contributed by atoms with van der Waals surface area (Å²) in [4.78, 5) is 28.4. The molecule has 1 N–H and O–H groups in total. The molecule has 0 saturated carbocycles. The molecule has 0 aliphatic rings. The molecule has 0 amide bonds. The zero-order chi connectivity index (χ0) is 19.2. The Bertz CT molecular complexity index is 930. The largest absolute Gasteiger partial charge is 0.462 e. The Labute approximate surface area is 157 Å². The number of aromatic nitrogens is 1. The molecule has 2 aromatic carbocycles. The van der Waals surface area contributed by atoms with Gasteiger partial charge in [-0.3, -0.25) is 0 Å². The van der Waals surface area contributed by atoms with Crippen LogP contribution in [-0.2, 0) is 9.47 Å². The number of ether oxygens (including phenoxy) is 2. The standard InChI is InChI=1S/C22H21NO4/c1-3-26-21(24)18-17(15-11-7-5-8-12-15)19(16-13-9-6-10-14-16)23-20(18)22(25)27-4-2/h5-14,23H,3-4H2,1-2H3. The minimum Gasteiger partial charge on any atom is -0.462 e. The fourth-order valence-corrected chi connectivity index (χ4v) is 2.98. The maximum atomic E-state index is 12.8. The summed E-state index contributed by atoms with van der Waals surface area (Å²) in [5.74, 6) is -1.14. The average molecular weight is 363 g/mol. The van der Waals surface area contributed by atoms with Gasteiger partial charge in [0, 0.05) is 5.56 Å². The first-order valence-corrected chi connectivity index (χ1v) is 8.88.